The zero-order valence-electron chi connectivity index (χ0n) is 29.1. The molecule has 55 heavy (non-hydrogen) atoms. The first-order valence-electron chi connectivity index (χ1n) is 17.3. The van der Waals surface area contributed by atoms with Gasteiger partial charge in [0, 0.05) is 44.1 Å². The van der Waals surface area contributed by atoms with Crippen molar-refractivity contribution < 1.29 is 19.8 Å². The van der Waals surface area contributed by atoms with Crippen molar-refractivity contribution in [3.63, 3.8) is 0 Å². The van der Waals surface area contributed by atoms with E-state index in [0.717, 1.165) is 89.7 Å². The summed E-state index contributed by atoms with van der Waals surface area (Å²) in [5, 5.41) is 15.4. The van der Waals surface area contributed by atoms with Crippen LogP contribution in [0.1, 0.15) is 52.0 Å². The van der Waals surface area contributed by atoms with Crippen LogP contribution in [-0.4, -0.2) is 62.0 Å². The highest BCUT2D eigenvalue weighted by Gasteiger charge is 2.04. The second kappa shape index (κ2) is 15.0. The lowest BCUT2D eigenvalue weighted by molar-refractivity contribution is -0.147. The van der Waals surface area contributed by atoms with Crippen molar-refractivity contribution >= 4 is 105 Å². The van der Waals surface area contributed by atoms with E-state index in [2.05, 4.69) is 101 Å². The molecule has 0 aromatic carbocycles. The van der Waals surface area contributed by atoms with Gasteiger partial charge in [-0.1, -0.05) is 0 Å². The Balaban J connectivity index is 0.000000133. The number of carboxylic acids is 2. The fraction of sp³-hybridized carbons (Fsp3) is 0.0233. The number of aliphatic carboxylic acids is 2. The first-order chi connectivity index (χ1) is 26.7. The van der Waals surface area contributed by atoms with E-state index in [9.17, 15) is 9.59 Å². The van der Waals surface area contributed by atoms with Crippen LogP contribution >= 0.6 is 0 Å². The zero-order chi connectivity index (χ0) is 37.7. The van der Waals surface area contributed by atoms with Crippen LogP contribution in [0.25, 0.3) is 92.7 Å². The Morgan fingerprint density at radius 2 is 0.545 bits per heavy atom. The highest BCUT2D eigenvalue weighted by molar-refractivity contribution is 5.89. The first-order valence-corrected chi connectivity index (χ1v) is 17.3. The molecule has 0 unspecified atom stereocenters. The van der Waals surface area contributed by atoms with Gasteiger partial charge in [-0.25, -0.2) is 19.9 Å². The van der Waals surface area contributed by atoms with E-state index in [-0.39, 0.29) is 0 Å². The molecule has 0 fully saturated rings. The van der Waals surface area contributed by atoms with Gasteiger partial charge in [0.25, 0.3) is 0 Å². The molecule has 0 atom stereocenters. The number of nitrogens with zero attached hydrogens (tertiary/aromatic N) is 4. The molecular weight excluding hydrogens is 693 g/mol. The second-order valence-electron chi connectivity index (χ2n) is 12.8. The van der Waals surface area contributed by atoms with Crippen molar-refractivity contribution in [2.24, 2.45) is 0 Å². The topological polar surface area (TPSA) is 189 Å². The minimum absolute atomic E-state index is 0.806. The van der Waals surface area contributed by atoms with Crippen LogP contribution in [0.5, 0.6) is 0 Å². The minimum Gasteiger partial charge on any atom is -0.481 e. The van der Waals surface area contributed by atoms with Gasteiger partial charge in [-0.05, 0) is 146 Å². The van der Waals surface area contributed by atoms with E-state index in [1.54, 1.807) is 0 Å². The maximum atomic E-state index is 9.43. The van der Waals surface area contributed by atoms with Crippen molar-refractivity contribution in [2.75, 3.05) is 0 Å². The van der Waals surface area contributed by atoms with Crippen LogP contribution in [0.4, 0.5) is 0 Å². The predicted molar refractivity (Wildman–Crippen MR) is 218 cm³/mol. The summed E-state index contributed by atoms with van der Waals surface area (Å²) < 4.78 is 0. The molecule has 268 valence electrons. The number of carboxylic acid groups (broad SMARTS) is 2. The van der Waals surface area contributed by atoms with Crippen LogP contribution in [0, 0.1) is 0 Å². The Kier molecular flexibility index (Phi) is 9.34. The standard InChI is InChI=1S/2C20H14N4.C3H4O4/c2*1-2-14-10-16-5-6-18(23-16)12-20-8-7-19(24-20)11-17-4-3-15(22-17)9-13(1)21-14;4-2(5)1-3(6)7/h2*1-12,21-22H;1H2,(H,4,5)(H,6,7). The lowest BCUT2D eigenvalue weighted by atomic mass is 10.3. The van der Waals surface area contributed by atoms with Crippen LogP contribution < -0.4 is 0 Å². The summed E-state index contributed by atoms with van der Waals surface area (Å²) in [7, 11) is 0. The molecule has 4 aliphatic heterocycles. The van der Waals surface area contributed by atoms with Gasteiger partial charge in [0.2, 0.25) is 0 Å². The average Bonchev–Trinajstić information content (AvgIpc) is 3.98. The molecule has 0 aliphatic carbocycles. The SMILES string of the molecule is C1=Cc2cc3ccc(cc4ccc(cc5nc(cc1n2)C=C5)[nH]4)[nH]3.C1=Cc2cc3ccc(cc4ccc(cc5nc(cc1n2)C=C5)[nH]4)[nH]3.O=C(O)CC(=O)O. The number of carbonyl (C=O) groups is 2. The molecule has 10 heterocycles. The quantitative estimate of drug-likeness (QED) is 0.0953. The van der Waals surface area contributed by atoms with Gasteiger partial charge >= 0.3 is 11.9 Å². The molecule has 0 saturated heterocycles. The number of hydrogen-bond acceptors (Lipinski definition) is 6. The van der Waals surface area contributed by atoms with E-state index in [0.29, 0.717) is 0 Å². The maximum Gasteiger partial charge on any atom is 0.314 e. The molecule has 4 aliphatic rings. The zero-order valence-corrected chi connectivity index (χ0v) is 29.1. The Labute approximate surface area is 312 Å². The van der Waals surface area contributed by atoms with Gasteiger partial charge in [-0.3, -0.25) is 9.59 Å². The number of nitrogens with one attached hydrogen (secondary N) is 4. The molecule has 12 heteroatoms. The van der Waals surface area contributed by atoms with Crippen LogP contribution in [0.3, 0.4) is 0 Å². The summed E-state index contributed by atoms with van der Waals surface area (Å²) in [6.45, 7) is 0. The first kappa shape index (κ1) is 34.2. The summed E-state index contributed by atoms with van der Waals surface area (Å²) in [6, 6.07) is 32.8. The predicted octanol–water partition coefficient (Wildman–Crippen LogP) is 8.86. The number of rotatable bonds is 2. The van der Waals surface area contributed by atoms with E-state index in [1.165, 1.54) is 0 Å². The maximum absolute atomic E-state index is 9.43. The summed E-state index contributed by atoms with van der Waals surface area (Å²) in [6.07, 6.45) is 15.3. The van der Waals surface area contributed by atoms with Gasteiger partial charge < -0.3 is 30.1 Å². The smallest absolute Gasteiger partial charge is 0.314 e. The van der Waals surface area contributed by atoms with Crippen molar-refractivity contribution in [1.82, 2.24) is 39.9 Å². The summed E-state index contributed by atoms with van der Waals surface area (Å²) in [5.41, 5.74) is 15.7. The van der Waals surface area contributed by atoms with Crippen LogP contribution in [0.15, 0.2) is 97.1 Å². The molecular formula is C43H32N8O4. The van der Waals surface area contributed by atoms with Crippen LogP contribution in [-0.2, 0) is 9.59 Å². The molecule has 10 rings (SSSR count). The Morgan fingerprint density at radius 3 is 0.745 bits per heavy atom. The molecule has 6 N–H and O–H groups in total. The summed E-state index contributed by atoms with van der Waals surface area (Å²) in [4.78, 5) is 50.9. The van der Waals surface area contributed by atoms with E-state index >= 15 is 0 Å². The summed E-state index contributed by atoms with van der Waals surface area (Å²) in [5.74, 6) is -2.62. The Morgan fingerprint density at radius 1 is 0.345 bits per heavy atom. The molecule has 0 saturated carbocycles. The molecule has 6 aromatic heterocycles. The van der Waals surface area contributed by atoms with Gasteiger partial charge in [0.1, 0.15) is 6.42 Å². The third kappa shape index (κ3) is 8.96. The van der Waals surface area contributed by atoms with E-state index in [4.69, 9.17) is 10.2 Å². The van der Waals surface area contributed by atoms with Gasteiger partial charge in [-0.15, -0.1) is 0 Å². The Bertz CT molecular complexity index is 2560. The van der Waals surface area contributed by atoms with Gasteiger partial charge in [0.15, 0.2) is 0 Å². The number of hydrogen-bond donors (Lipinski definition) is 6. The largest absolute Gasteiger partial charge is 0.481 e. The monoisotopic (exact) mass is 724 g/mol. The van der Waals surface area contributed by atoms with E-state index in [1.807, 2.05) is 85.0 Å². The van der Waals surface area contributed by atoms with Gasteiger partial charge in [0.05, 0.1) is 45.6 Å². The molecule has 6 aromatic rings. The number of aromatic amines is 4. The number of H-pyrrole nitrogens is 4. The summed E-state index contributed by atoms with van der Waals surface area (Å²) >= 11 is 0. The minimum atomic E-state index is -1.31. The fourth-order valence-electron chi connectivity index (χ4n) is 6.02. The molecule has 0 radical (unpaired) electrons. The van der Waals surface area contributed by atoms with Gasteiger partial charge in [-0.2, -0.15) is 0 Å². The third-order valence-corrected chi connectivity index (χ3v) is 8.39. The second-order valence-corrected chi connectivity index (χ2v) is 12.8. The van der Waals surface area contributed by atoms with Crippen molar-refractivity contribution in [1.29, 1.82) is 0 Å². The third-order valence-electron chi connectivity index (χ3n) is 8.39. The van der Waals surface area contributed by atoms with Crippen molar-refractivity contribution in [2.45, 2.75) is 6.42 Å². The molecule has 0 spiro atoms. The molecule has 12 nitrogen and oxygen atoms in total. The van der Waals surface area contributed by atoms with E-state index < -0.39 is 18.4 Å². The van der Waals surface area contributed by atoms with Crippen LogP contribution in [0.2, 0.25) is 0 Å². The highest BCUT2D eigenvalue weighted by atomic mass is 16.4. The highest BCUT2D eigenvalue weighted by Crippen LogP contribution is 2.19. The Hall–Kier alpha value is -7.86. The normalized spacial score (nSPS) is 12.1. The lowest BCUT2D eigenvalue weighted by Crippen LogP contribution is -2.03. The average molecular weight is 725 g/mol. The van der Waals surface area contributed by atoms with Crippen molar-refractivity contribution in [3.8, 4) is 0 Å². The molecule has 16 bridgehead atoms. The number of aromatic nitrogens is 8. The van der Waals surface area contributed by atoms with Crippen molar-refractivity contribution in [3.05, 3.63) is 143 Å². The fourth-order valence-corrected chi connectivity index (χ4v) is 6.02. The number of fused-ring (bicyclic) bond motifs is 16. The lowest BCUT2D eigenvalue weighted by Gasteiger charge is -1.86. The molecule has 0 amide bonds.